The lowest BCUT2D eigenvalue weighted by atomic mass is 9.84. The van der Waals surface area contributed by atoms with Crippen molar-refractivity contribution in [1.29, 1.82) is 0 Å². The molecule has 2 atom stereocenters. The summed E-state index contributed by atoms with van der Waals surface area (Å²) in [5, 5.41) is 1.47. The van der Waals surface area contributed by atoms with E-state index >= 15 is 0 Å². The number of nitrogens with zero attached hydrogens (tertiary/aromatic N) is 1. The van der Waals surface area contributed by atoms with Crippen LogP contribution >= 0.6 is 15.3 Å². The predicted molar refractivity (Wildman–Crippen MR) is 99.6 cm³/mol. The average Bonchev–Trinajstić information content (AvgIpc) is 2.99. The minimum Gasteiger partial charge on any atom is -0.261 e. The molecule has 1 aromatic heterocycles. The first-order chi connectivity index (χ1) is 10.6. The number of aromatic nitrogens is 1. The number of benzene rings is 1. The summed E-state index contributed by atoms with van der Waals surface area (Å²) in [7, 11) is 0. The van der Waals surface area contributed by atoms with Crippen molar-refractivity contribution >= 4 is 22.0 Å². The van der Waals surface area contributed by atoms with Gasteiger partial charge in [-0.25, -0.2) is 0 Å². The molecule has 0 saturated heterocycles. The molecule has 0 amide bonds. The lowest BCUT2D eigenvalue weighted by Gasteiger charge is -2.22. The molecule has 3 heteroatoms. The molecular weight excluding hydrogens is 350 g/mol. The SMILES string of the molecule is C[Si](C)(Br)C1=CC(C(c2ccccc2)c2ccccn2)C=C1. The van der Waals surface area contributed by atoms with Gasteiger partial charge in [-0.1, -0.05) is 72.9 Å². The Balaban J connectivity index is 2.02. The van der Waals surface area contributed by atoms with Crippen LogP contribution in [0.3, 0.4) is 0 Å². The van der Waals surface area contributed by atoms with Crippen LogP contribution in [0.15, 0.2) is 78.2 Å². The zero-order valence-corrected chi connectivity index (χ0v) is 15.5. The van der Waals surface area contributed by atoms with E-state index in [0.29, 0.717) is 5.92 Å². The van der Waals surface area contributed by atoms with E-state index < -0.39 is 6.69 Å². The van der Waals surface area contributed by atoms with Crippen LogP contribution in [-0.4, -0.2) is 11.7 Å². The van der Waals surface area contributed by atoms with Crippen molar-refractivity contribution in [3.05, 3.63) is 89.4 Å². The van der Waals surface area contributed by atoms with Crippen molar-refractivity contribution in [3.8, 4) is 0 Å². The third-order valence-electron chi connectivity index (χ3n) is 4.11. The Morgan fingerprint density at radius 2 is 1.77 bits per heavy atom. The van der Waals surface area contributed by atoms with Gasteiger partial charge in [0.1, 0.15) is 0 Å². The van der Waals surface area contributed by atoms with Crippen molar-refractivity contribution in [2.75, 3.05) is 0 Å². The monoisotopic (exact) mass is 369 g/mol. The van der Waals surface area contributed by atoms with Gasteiger partial charge in [-0.05, 0) is 17.7 Å². The molecule has 0 spiro atoms. The lowest BCUT2D eigenvalue weighted by Crippen LogP contribution is -2.18. The predicted octanol–water partition coefficient (Wildman–Crippen LogP) is 5.47. The summed E-state index contributed by atoms with van der Waals surface area (Å²) in [6.07, 6.45) is 8.94. The molecule has 1 heterocycles. The third-order valence-corrected chi connectivity index (χ3v) is 7.19. The van der Waals surface area contributed by atoms with E-state index in [2.05, 4.69) is 94.1 Å². The Labute approximate surface area is 141 Å². The van der Waals surface area contributed by atoms with Crippen LogP contribution in [-0.2, 0) is 0 Å². The zero-order valence-electron chi connectivity index (χ0n) is 12.9. The van der Waals surface area contributed by atoms with Crippen LogP contribution in [0.25, 0.3) is 0 Å². The van der Waals surface area contributed by atoms with Crippen molar-refractivity contribution in [3.63, 3.8) is 0 Å². The molecule has 2 unspecified atom stereocenters. The molecule has 112 valence electrons. The molecule has 0 fully saturated rings. The van der Waals surface area contributed by atoms with Crippen molar-refractivity contribution in [2.24, 2.45) is 5.92 Å². The molecule has 1 aromatic carbocycles. The quantitative estimate of drug-likeness (QED) is 0.514. The van der Waals surface area contributed by atoms with Crippen LogP contribution in [0.1, 0.15) is 17.2 Å². The van der Waals surface area contributed by atoms with E-state index in [1.807, 2.05) is 12.3 Å². The van der Waals surface area contributed by atoms with E-state index in [1.54, 1.807) is 0 Å². The Hall–Kier alpha value is -1.45. The molecule has 0 aliphatic heterocycles. The number of hydrogen-bond donors (Lipinski definition) is 0. The number of hydrogen-bond acceptors (Lipinski definition) is 1. The fourth-order valence-electron chi connectivity index (χ4n) is 2.95. The van der Waals surface area contributed by atoms with Gasteiger partial charge in [0.15, 0.2) is 6.69 Å². The van der Waals surface area contributed by atoms with Crippen molar-refractivity contribution in [1.82, 2.24) is 4.98 Å². The molecule has 0 bridgehead atoms. The molecule has 0 N–H and O–H groups in total. The first-order valence-electron chi connectivity index (χ1n) is 7.61. The van der Waals surface area contributed by atoms with Gasteiger partial charge >= 0.3 is 0 Å². The second kappa shape index (κ2) is 6.35. The minimum atomic E-state index is -1.45. The number of allylic oxidation sites excluding steroid dienone is 4. The van der Waals surface area contributed by atoms with Crippen molar-refractivity contribution in [2.45, 2.75) is 19.0 Å². The van der Waals surface area contributed by atoms with Gasteiger partial charge in [0.05, 0.1) is 0 Å². The van der Waals surface area contributed by atoms with Crippen LogP contribution in [0.4, 0.5) is 0 Å². The van der Waals surface area contributed by atoms with Crippen LogP contribution in [0, 0.1) is 5.92 Å². The highest BCUT2D eigenvalue weighted by Gasteiger charge is 2.30. The summed E-state index contributed by atoms with van der Waals surface area (Å²) in [4.78, 5) is 4.62. The van der Waals surface area contributed by atoms with Gasteiger partial charge in [0, 0.05) is 23.7 Å². The molecule has 1 aliphatic carbocycles. The molecule has 1 nitrogen and oxygen atoms in total. The maximum absolute atomic E-state index is 4.62. The Kier molecular flexibility index (Phi) is 4.46. The molecular formula is C19H20BrNSi. The van der Waals surface area contributed by atoms with Gasteiger partial charge in [0.2, 0.25) is 0 Å². The molecule has 1 aliphatic rings. The van der Waals surface area contributed by atoms with Crippen LogP contribution < -0.4 is 0 Å². The summed E-state index contributed by atoms with van der Waals surface area (Å²) in [6.45, 7) is 3.20. The van der Waals surface area contributed by atoms with E-state index in [0.717, 1.165) is 5.69 Å². The first kappa shape index (κ1) is 15.4. The lowest BCUT2D eigenvalue weighted by molar-refractivity contribution is 0.672. The van der Waals surface area contributed by atoms with Gasteiger partial charge in [-0.3, -0.25) is 4.98 Å². The highest BCUT2D eigenvalue weighted by atomic mass is 79.9. The second-order valence-electron chi connectivity index (χ2n) is 6.17. The summed E-state index contributed by atoms with van der Waals surface area (Å²) in [6, 6.07) is 16.9. The summed E-state index contributed by atoms with van der Waals surface area (Å²) >= 11 is 3.90. The maximum Gasteiger partial charge on any atom is 0.154 e. The van der Waals surface area contributed by atoms with E-state index in [4.69, 9.17) is 0 Å². The van der Waals surface area contributed by atoms with Crippen molar-refractivity contribution < 1.29 is 0 Å². The van der Waals surface area contributed by atoms with Gasteiger partial charge in [-0.2, -0.15) is 0 Å². The van der Waals surface area contributed by atoms with Gasteiger partial charge in [0.25, 0.3) is 0 Å². The molecule has 22 heavy (non-hydrogen) atoms. The highest BCUT2D eigenvalue weighted by Crippen LogP contribution is 2.38. The third kappa shape index (κ3) is 3.31. The largest absolute Gasteiger partial charge is 0.261 e. The normalized spacial score (nSPS) is 19.0. The second-order valence-corrected chi connectivity index (χ2v) is 15.6. The fraction of sp³-hybridized carbons (Fsp3) is 0.211. The molecule has 0 radical (unpaired) electrons. The summed E-state index contributed by atoms with van der Waals surface area (Å²) < 4.78 is 0. The summed E-state index contributed by atoms with van der Waals surface area (Å²) in [5.74, 6) is 0.650. The zero-order chi connectivity index (χ0) is 15.6. The molecule has 3 rings (SSSR count). The Bertz CT molecular complexity index is 647. The summed E-state index contributed by atoms with van der Waals surface area (Å²) in [5.41, 5.74) is 2.46. The smallest absolute Gasteiger partial charge is 0.154 e. The molecule has 0 saturated carbocycles. The number of halogens is 1. The molecule has 2 aromatic rings. The topological polar surface area (TPSA) is 12.9 Å². The van der Waals surface area contributed by atoms with Crippen LogP contribution in [0.5, 0.6) is 0 Å². The first-order valence-corrected chi connectivity index (χ1v) is 12.9. The van der Waals surface area contributed by atoms with E-state index in [-0.39, 0.29) is 5.92 Å². The fourth-order valence-corrected chi connectivity index (χ4v) is 4.82. The maximum atomic E-state index is 4.62. The van der Waals surface area contributed by atoms with Crippen LogP contribution in [0.2, 0.25) is 13.1 Å². The van der Waals surface area contributed by atoms with E-state index in [9.17, 15) is 0 Å². The van der Waals surface area contributed by atoms with Gasteiger partial charge in [-0.15, -0.1) is 15.3 Å². The standard InChI is InChI=1S/C19H20BrNSi/c1-22(2,20)17-12-11-16(14-17)19(15-8-4-3-5-9-15)18-10-6-7-13-21-18/h3-14,16,19H,1-2H3. The average molecular weight is 370 g/mol. The minimum absolute atomic E-state index is 0.278. The van der Waals surface area contributed by atoms with Gasteiger partial charge < -0.3 is 0 Å². The Morgan fingerprint density at radius 1 is 1.05 bits per heavy atom. The number of pyridine rings is 1. The number of rotatable bonds is 4. The Morgan fingerprint density at radius 3 is 2.36 bits per heavy atom. The van der Waals surface area contributed by atoms with E-state index in [1.165, 1.54) is 10.8 Å². The highest BCUT2D eigenvalue weighted by molar-refractivity contribution is 9.26.